The molecule has 1 unspecified atom stereocenters. The highest BCUT2D eigenvalue weighted by atomic mass is 16.3. The topological polar surface area (TPSA) is 72.7 Å². The van der Waals surface area contributed by atoms with Crippen LogP contribution in [0.25, 0.3) is 0 Å². The standard InChI is InChI=1S/C11H25NO3/c1-9(2)4-10(15)5-12-6-11(3,7-13)8-14/h9-10,12-15H,4-8H2,1-3H3. The zero-order valence-electron chi connectivity index (χ0n) is 10.0. The molecule has 0 aromatic rings. The van der Waals surface area contributed by atoms with Crippen LogP contribution < -0.4 is 5.32 Å². The summed E-state index contributed by atoms with van der Waals surface area (Å²) in [5.74, 6) is 0.476. The van der Waals surface area contributed by atoms with Crippen molar-refractivity contribution in [3.05, 3.63) is 0 Å². The number of aliphatic hydroxyl groups excluding tert-OH is 3. The Morgan fingerprint density at radius 2 is 1.73 bits per heavy atom. The predicted molar refractivity (Wildman–Crippen MR) is 60.6 cm³/mol. The largest absolute Gasteiger partial charge is 0.396 e. The minimum atomic E-state index is -0.502. The van der Waals surface area contributed by atoms with E-state index in [1.165, 1.54) is 0 Å². The van der Waals surface area contributed by atoms with E-state index in [0.29, 0.717) is 19.0 Å². The lowest BCUT2D eigenvalue weighted by Crippen LogP contribution is -2.40. The molecule has 4 nitrogen and oxygen atoms in total. The third-order valence-electron chi connectivity index (χ3n) is 2.44. The van der Waals surface area contributed by atoms with Gasteiger partial charge in [0.25, 0.3) is 0 Å². The van der Waals surface area contributed by atoms with Crippen LogP contribution in [0.4, 0.5) is 0 Å². The molecule has 0 fully saturated rings. The fourth-order valence-electron chi connectivity index (χ4n) is 1.33. The van der Waals surface area contributed by atoms with Crippen molar-refractivity contribution in [3.63, 3.8) is 0 Å². The van der Waals surface area contributed by atoms with Gasteiger partial charge in [0.2, 0.25) is 0 Å². The van der Waals surface area contributed by atoms with Gasteiger partial charge in [0.1, 0.15) is 0 Å². The Hall–Kier alpha value is -0.160. The van der Waals surface area contributed by atoms with Crippen molar-refractivity contribution in [2.24, 2.45) is 11.3 Å². The summed E-state index contributed by atoms with van der Waals surface area (Å²) >= 11 is 0. The quantitative estimate of drug-likeness (QED) is 0.463. The zero-order valence-corrected chi connectivity index (χ0v) is 10.0. The minimum Gasteiger partial charge on any atom is -0.396 e. The summed E-state index contributed by atoms with van der Waals surface area (Å²) in [5.41, 5.74) is -0.502. The van der Waals surface area contributed by atoms with Crippen LogP contribution in [-0.4, -0.2) is 47.7 Å². The average Bonchev–Trinajstić information content (AvgIpc) is 2.16. The molecule has 0 heterocycles. The molecule has 0 rings (SSSR count). The number of aliphatic hydroxyl groups is 3. The van der Waals surface area contributed by atoms with Gasteiger partial charge in [-0.1, -0.05) is 20.8 Å². The molecule has 92 valence electrons. The highest BCUT2D eigenvalue weighted by molar-refractivity contribution is 4.75. The zero-order chi connectivity index (χ0) is 11.9. The molecule has 15 heavy (non-hydrogen) atoms. The van der Waals surface area contributed by atoms with Crippen molar-refractivity contribution in [1.82, 2.24) is 5.32 Å². The van der Waals surface area contributed by atoms with Gasteiger partial charge < -0.3 is 20.6 Å². The molecular weight excluding hydrogens is 194 g/mol. The van der Waals surface area contributed by atoms with Crippen LogP contribution in [0.3, 0.4) is 0 Å². The van der Waals surface area contributed by atoms with Crippen LogP contribution in [0.1, 0.15) is 27.2 Å². The Labute approximate surface area is 92.3 Å². The average molecular weight is 219 g/mol. The highest BCUT2D eigenvalue weighted by Crippen LogP contribution is 2.12. The monoisotopic (exact) mass is 219 g/mol. The van der Waals surface area contributed by atoms with Gasteiger partial charge in [-0.05, 0) is 12.3 Å². The first kappa shape index (κ1) is 14.8. The molecule has 0 spiro atoms. The molecule has 1 atom stereocenters. The molecule has 0 saturated carbocycles. The van der Waals surface area contributed by atoms with Crippen molar-refractivity contribution in [2.75, 3.05) is 26.3 Å². The lowest BCUT2D eigenvalue weighted by molar-refractivity contribution is 0.0642. The second kappa shape index (κ2) is 7.17. The first-order valence-electron chi connectivity index (χ1n) is 5.54. The van der Waals surface area contributed by atoms with Crippen LogP contribution in [0.15, 0.2) is 0 Å². The fourth-order valence-corrected chi connectivity index (χ4v) is 1.33. The van der Waals surface area contributed by atoms with Crippen molar-refractivity contribution < 1.29 is 15.3 Å². The van der Waals surface area contributed by atoms with Gasteiger partial charge in [-0.15, -0.1) is 0 Å². The van der Waals surface area contributed by atoms with Crippen molar-refractivity contribution in [2.45, 2.75) is 33.3 Å². The van der Waals surface area contributed by atoms with E-state index in [2.05, 4.69) is 19.2 Å². The Morgan fingerprint density at radius 3 is 2.13 bits per heavy atom. The number of rotatable bonds is 8. The molecule has 4 heteroatoms. The number of hydrogen-bond acceptors (Lipinski definition) is 4. The predicted octanol–water partition coefficient (Wildman–Crippen LogP) is -0.0261. The molecular formula is C11H25NO3. The molecule has 0 aliphatic heterocycles. The molecule has 0 bridgehead atoms. The van der Waals surface area contributed by atoms with Gasteiger partial charge in [0.15, 0.2) is 0 Å². The van der Waals surface area contributed by atoms with E-state index >= 15 is 0 Å². The third-order valence-corrected chi connectivity index (χ3v) is 2.44. The molecule has 0 amide bonds. The molecule has 0 aromatic heterocycles. The maximum Gasteiger partial charge on any atom is 0.0667 e. The Morgan fingerprint density at radius 1 is 1.20 bits per heavy atom. The normalized spacial score (nSPS) is 14.6. The van der Waals surface area contributed by atoms with Crippen molar-refractivity contribution in [3.8, 4) is 0 Å². The van der Waals surface area contributed by atoms with E-state index in [9.17, 15) is 5.11 Å². The maximum atomic E-state index is 9.57. The van der Waals surface area contributed by atoms with E-state index in [-0.39, 0.29) is 19.3 Å². The summed E-state index contributed by atoms with van der Waals surface area (Å²) in [4.78, 5) is 0. The second-order valence-electron chi connectivity index (χ2n) is 5.04. The Bertz CT molecular complexity index is 158. The van der Waals surface area contributed by atoms with Gasteiger partial charge in [0.05, 0.1) is 19.3 Å². The minimum absolute atomic E-state index is 0.0588. The molecule has 0 aromatic carbocycles. The van der Waals surface area contributed by atoms with Crippen molar-refractivity contribution in [1.29, 1.82) is 0 Å². The highest BCUT2D eigenvalue weighted by Gasteiger charge is 2.22. The van der Waals surface area contributed by atoms with Crippen LogP contribution in [-0.2, 0) is 0 Å². The Kier molecular flexibility index (Phi) is 7.09. The molecule has 0 aliphatic carbocycles. The molecule has 0 radical (unpaired) electrons. The third kappa shape index (κ3) is 6.84. The Balaban J connectivity index is 3.68. The van der Waals surface area contributed by atoms with Crippen molar-refractivity contribution >= 4 is 0 Å². The van der Waals surface area contributed by atoms with E-state index in [4.69, 9.17) is 10.2 Å². The first-order valence-corrected chi connectivity index (χ1v) is 5.54. The summed E-state index contributed by atoms with van der Waals surface area (Å²) in [7, 11) is 0. The van der Waals surface area contributed by atoms with Crippen LogP contribution in [0.2, 0.25) is 0 Å². The van der Waals surface area contributed by atoms with Crippen LogP contribution in [0.5, 0.6) is 0 Å². The van der Waals surface area contributed by atoms with Gasteiger partial charge in [-0.2, -0.15) is 0 Å². The number of nitrogens with one attached hydrogen (secondary N) is 1. The summed E-state index contributed by atoms with van der Waals surface area (Å²) < 4.78 is 0. The smallest absolute Gasteiger partial charge is 0.0667 e. The van der Waals surface area contributed by atoms with Crippen LogP contribution in [0, 0.1) is 11.3 Å². The summed E-state index contributed by atoms with van der Waals surface area (Å²) in [6.45, 7) is 6.83. The van der Waals surface area contributed by atoms with Gasteiger partial charge in [0, 0.05) is 18.5 Å². The van der Waals surface area contributed by atoms with Crippen LogP contribution >= 0.6 is 0 Å². The first-order chi connectivity index (χ1) is 6.93. The lowest BCUT2D eigenvalue weighted by atomic mass is 9.93. The maximum absolute atomic E-state index is 9.57. The van der Waals surface area contributed by atoms with Gasteiger partial charge in [-0.25, -0.2) is 0 Å². The molecule has 0 saturated heterocycles. The molecule has 0 aliphatic rings. The summed E-state index contributed by atoms with van der Waals surface area (Å²) in [6.07, 6.45) is 0.411. The van der Waals surface area contributed by atoms with E-state index < -0.39 is 5.41 Å². The van der Waals surface area contributed by atoms with E-state index in [1.54, 1.807) is 6.92 Å². The SMILES string of the molecule is CC(C)CC(O)CNCC(C)(CO)CO. The molecule has 4 N–H and O–H groups in total. The summed E-state index contributed by atoms with van der Waals surface area (Å²) in [6, 6.07) is 0. The lowest BCUT2D eigenvalue weighted by Gasteiger charge is -2.25. The van der Waals surface area contributed by atoms with E-state index in [0.717, 1.165) is 6.42 Å². The van der Waals surface area contributed by atoms with Gasteiger partial charge in [-0.3, -0.25) is 0 Å². The second-order valence-corrected chi connectivity index (χ2v) is 5.04. The fraction of sp³-hybridized carbons (Fsp3) is 1.00. The summed E-state index contributed by atoms with van der Waals surface area (Å²) in [5, 5.41) is 30.7. The van der Waals surface area contributed by atoms with E-state index in [1.807, 2.05) is 0 Å². The van der Waals surface area contributed by atoms with Gasteiger partial charge >= 0.3 is 0 Å². The number of hydrogen-bond donors (Lipinski definition) is 4.